The lowest BCUT2D eigenvalue weighted by Crippen LogP contribution is -2.33. The number of aryl methyl sites for hydroxylation is 1. The van der Waals surface area contributed by atoms with Crippen LogP contribution < -0.4 is 5.32 Å². The Kier molecular flexibility index (Phi) is 4.57. The number of hydrogen-bond acceptors (Lipinski definition) is 2. The van der Waals surface area contributed by atoms with Crippen LogP contribution in [0, 0.1) is 12.8 Å². The van der Waals surface area contributed by atoms with Crippen LogP contribution in [0.1, 0.15) is 24.5 Å². The predicted octanol–water partition coefficient (Wildman–Crippen LogP) is 2.55. The van der Waals surface area contributed by atoms with Gasteiger partial charge < -0.3 is 10.1 Å². The molecule has 2 unspecified atom stereocenters. The van der Waals surface area contributed by atoms with Crippen molar-refractivity contribution in [2.75, 3.05) is 19.8 Å². The highest BCUT2D eigenvalue weighted by Gasteiger charge is 2.16. The van der Waals surface area contributed by atoms with E-state index in [2.05, 4.69) is 43.4 Å². The fraction of sp³-hybridized carbons (Fsp3) is 0.600. The van der Waals surface area contributed by atoms with E-state index in [1.165, 1.54) is 17.5 Å². The highest BCUT2D eigenvalue weighted by molar-refractivity contribution is 5.26. The Morgan fingerprint density at radius 2 is 2.24 bits per heavy atom. The quantitative estimate of drug-likeness (QED) is 0.844. The lowest BCUT2D eigenvalue weighted by molar-refractivity contribution is 0.184. The van der Waals surface area contributed by atoms with Crippen LogP contribution in [-0.4, -0.2) is 25.8 Å². The Bertz CT molecular complexity index is 345. The number of ether oxygens (including phenoxy) is 1. The van der Waals surface area contributed by atoms with Gasteiger partial charge in [0.2, 0.25) is 0 Å². The summed E-state index contributed by atoms with van der Waals surface area (Å²) in [5.74, 6) is 0.717. The Morgan fingerprint density at radius 1 is 1.41 bits per heavy atom. The lowest BCUT2D eigenvalue weighted by Gasteiger charge is -2.17. The van der Waals surface area contributed by atoms with Crippen molar-refractivity contribution < 1.29 is 4.74 Å². The lowest BCUT2D eigenvalue weighted by atomic mass is 10.0. The minimum absolute atomic E-state index is 0.539. The molecular formula is C15H23NO. The van der Waals surface area contributed by atoms with Crippen molar-refractivity contribution in [1.29, 1.82) is 0 Å². The van der Waals surface area contributed by atoms with Gasteiger partial charge in [-0.3, -0.25) is 0 Å². The molecule has 0 aromatic heterocycles. The summed E-state index contributed by atoms with van der Waals surface area (Å²) < 4.78 is 5.39. The number of nitrogens with one attached hydrogen (secondary N) is 1. The van der Waals surface area contributed by atoms with Gasteiger partial charge in [0, 0.05) is 19.2 Å². The second-order valence-corrected chi connectivity index (χ2v) is 5.17. The largest absolute Gasteiger partial charge is 0.381 e. The van der Waals surface area contributed by atoms with Crippen LogP contribution in [0.15, 0.2) is 24.3 Å². The maximum atomic E-state index is 5.39. The minimum Gasteiger partial charge on any atom is -0.381 e. The molecule has 1 fully saturated rings. The van der Waals surface area contributed by atoms with E-state index in [-0.39, 0.29) is 0 Å². The molecule has 1 N–H and O–H groups in total. The molecule has 94 valence electrons. The Hall–Kier alpha value is -0.860. The van der Waals surface area contributed by atoms with E-state index < -0.39 is 0 Å². The third-order valence-electron chi connectivity index (χ3n) is 3.57. The summed E-state index contributed by atoms with van der Waals surface area (Å²) in [5.41, 5.74) is 2.85. The number of benzene rings is 1. The summed E-state index contributed by atoms with van der Waals surface area (Å²) in [5, 5.41) is 3.62. The molecule has 1 aliphatic rings. The first kappa shape index (κ1) is 12.6. The molecule has 1 aliphatic heterocycles. The molecule has 2 heteroatoms. The minimum atomic E-state index is 0.539. The first-order chi connectivity index (χ1) is 8.25. The van der Waals surface area contributed by atoms with E-state index in [0.717, 1.165) is 26.2 Å². The average Bonchev–Trinajstić information content (AvgIpc) is 2.82. The molecular weight excluding hydrogens is 210 g/mol. The second-order valence-electron chi connectivity index (χ2n) is 5.17. The first-order valence-corrected chi connectivity index (χ1v) is 6.61. The molecule has 0 spiro atoms. The molecule has 0 aliphatic carbocycles. The van der Waals surface area contributed by atoms with Crippen molar-refractivity contribution in [3.8, 4) is 0 Å². The highest BCUT2D eigenvalue weighted by atomic mass is 16.5. The van der Waals surface area contributed by atoms with Gasteiger partial charge in [-0.25, -0.2) is 0 Å². The Morgan fingerprint density at radius 3 is 2.94 bits per heavy atom. The molecule has 2 atom stereocenters. The first-order valence-electron chi connectivity index (χ1n) is 6.61. The molecule has 0 saturated carbocycles. The maximum Gasteiger partial charge on any atom is 0.0507 e. The zero-order valence-corrected chi connectivity index (χ0v) is 10.9. The van der Waals surface area contributed by atoms with Crippen LogP contribution in [0.2, 0.25) is 0 Å². The Balaban J connectivity index is 1.76. The van der Waals surface area contributed by atoms with Crippen LogP contribution in [0.3, 0.4) is 0 Å². The topological polar surface area (TPSA) is 21.3 Å². The second kappa shape index (κ2) is 6.18. The van der Waals surface area contributed by atoms with Gasteiger partial charge in [-0.05, 0) is 43.7 Å². The molecule has 1 heterocycles. The van der Waals surface area contributed by atoms with Crippen LogP contribution in [0.5, 0.6) is 0 Å². The van der Waals surface area contributed by atoms with Crippen LogP contribution >= 0.6 is 0 Å². The van der Waals surface area contributed by atoms with E-state index in [4.69, 9.17) is 4.74 Å². The van der Waals surface area contributed by atoms with Crippen LogP contribution in [0.4, 0.5) is 0 Å². The molecule has 2 nitrogen and oxygen atoms in total. The monoisotopic (exact) mass is 233 g/mol. The van der Waals surface area contributed by atoms with E-state index in [1.807, 2.05) is 0 Å². The van der Waals surface area contributed by atoms with Crippen molar-refractivity contribution in [1.82, 2.24) is 5.32 Å². The third kappa shape index (κ3) is 3.83. The predicted molar refractivity (Wildman–Crippen MR) is 71.3 cm³/mol. The fourth-order valence-electron chi connectivity index (χ4n) is 2.35. The van der Waals surface area contributed by atoms with Gasteiger partial charge in [0.1, 0.15) is 0 Å². The van der Waals surface area contributed by atoms with Crippen LogP contribution in [0.25, 0.3) is 0 Å². The molecule has 1 aromatic rings. The van der Waals surface area contributed by atoms with Gasteiger partial charge in [0.05, 0.1) is 6.61 Å². The van der Waals surface area contributed by atoms with Crippen molar-refractivity contribution in [3.63, 3.8) is 0 Å². The molecule has 0 amide bonds. The van der Waals surface area contributed by atoms with Gasteiger partial charge >= 0.3 is 0 Å². The summed E-state index contributed by atoms with van der Waals surface area (Å²) in [7, 11) is 0. The summed E-state index contributed by atoms with van der Waals surface area (Å²) in [6, 6.07) is 9.18. The molecule has 0 bridgehead atoms. The van der Waals surface area contributed by atoms with Gasteiger partial charge in [0.15, 0.2) is 0 Å². The summed E-state index contributed by atoms with van der Waals surface area (Å²) >= 11 is 0. The van der Waals surface area contributed by atoms with Crippen molar-refractivity contribution in [2.24, 2.45) is 5.92 Å². The summed E-state index contributed by atoms with van der Waals surface area (Å²) in [6.07, 6.45) is 2.32. The number of hydrogen-bond donors (Lipinski definition) is 1. The van der Waals surface area contributed by atoms with Crippen molar-refractivity contribution in [2.45, 2.75) is 32.7 Å². The standard InChI is InChI=1S/C15H23NO/c1-12-5-3-4-6-15(12)9-13(2)16-10-14-7-8-17-11-14/h3-6,13-14,16H,7-11H2,1-2H3. The van der Waals surface area contributed by atoms with E-state index in [1.54, 1.807) is 0 Å². The maximum absolute atomic E-state index is 5.39. The van der Waals surface area contributed by atoms with Crippen LogP contribution in [-0.2, 0) is 11.2 Å². The van der Waals surface area contributed by atoms with E-state index in [9.17, 15) is 0 Å². The summed E-state index contributed by atoms with van der Waals surface area (Å²) in [6.45, 7) is 7.42. The number of rotatable bonds is 5. The Labute approximate surface area is 104 Å². The SMILES string of the molecule is Cc1ccccc1CC(C)NCC1CCOC1. The third-order valence-corrected chi connectivity index (χ3v) is 3.57. The molecule has 1 saturated heterocycles. The smallest absolute Gasteiger partial charge is 0.0507 e. The van der Waals surface area contributed by atoms with Crippen molar-refractivity contribution >= 4 is 0 Å². The van der Waals surface area contributed by atoms with Gasteiger partial charge in [-0.2, -0.15) is 0 Å². The van der Waals surface area contributed by atoms with E-state index in [0.29, 0.717) is 12.0 Å². The molecule has 0 radical (unpaired) electrons. The van der Waals surface area contributed by atoms with Crippen molar-refractivity contribution in [3.05, 3.63) is 35.4 Å². The average molecular weight is 233 g/mol. The highest BCUT2D eigenvalue weighted by Crippen LogP contribution is 2.12. The van der Waals surface area contributed by atoms with Gasteiger partial charge in [-0.15, -0.1) is 0 Å². The normalized spacial score (nSPS) is 21.6. The van der Waals surface area contributed by atoms with Gasteiger partial charge in [-0.1, -0.05) is 24.3 Å². The summed E-state index contributed by atoms with van der Waals surface area (Å²) in [4.78, 5) is 0. The molecule has 2 rings (SSSR count). The zero-order valence-electron chi connectivity index (χ0n) is 10.9. The fourth-order valence-corrected chi connectivity index (χ4v) is 2.35. The zero-order chi connectivity index (χ0) is 12.1. The molecule has 17 heavy (non-hydrogen) atoms. The van der Waals surface area contributed by atoms with Gasteiger partial charge in [0.25, 0.3) is 0 Å². The molecule has 1 aromatic carbocycles. The van der Waals surface area contributed by atoms with E-state index >= 15 is 0 Å².